The lowest BCUT2D eigenvalue weighted by atomic mass is 9.59. The number of hydrogen-bond acceptors (Lipinski definition) is 7. The first-order valence-electron chi connectivity index (χ1n) is 11.5. The molecule has 4 aliphatic heterocycles. The van der Waals surface area contributed by atoms with Gasteiger partial charge in [-0.1, -0.05) is 19.1 Å². The van der Waals surface area contributed by atoms with Crippen LogP contribution in [0.3, 0.4) is 0 Å². The summed E-state index contributed by atoms with van der Waals surface area (Å²) in [6.07, 6.45) is 5.69. The molecule has 4 fully saturated rings. The first kappa shape index (κ1) is 21.2. The van der Waals surface area contributed by atoms with Crippen LogP contribution in [0.15, 0.2) is 40.1 Å². The lowest BCUT2D eigenvalue weighted by Crippen LogP contribution is -2.66. The van der Waals surface area contributed by atoms with E-state index in [-0.39, 0.29) is 5.92 Å². The molecule has 1 aromatic carbocycles. The molecular weight excluding hydrogens is 442 g/mol. The van der Waals surface area contributed by atoms with Crippen LogP contribution in [0.2, 0.25) is 0 Å². The van der Waals surface area contributed by atoms with E-state index in [1.807, 2.05) is 6.92 Å². The molecule has 0 radical (unpaired) electrons. The quantitative estimate of drug-likeness (QED) is 0.376. The zero-order valence-electron chi connectivity index (χ0n) is 18.9. The summed E-state index contributed by atoms with van der Waals surface area (Å²) in [5.74, 6) is 1.20. The van der Waals surface area contributed by atoms with Crippen LogP contribution in [0, 0.1) is 17.8 Å². The van der Waals surface area contributed by atoms with E-state index in [1.54, 1.807) is 23.1 Å². The lowest BCUT2D eigenvalue weighted by molar-refractivity contribution is -0.553. The Morgan fingerprint density at radius 2 is 1.94 bits per heavy atom. The maximum Gasteiger partial charge on any atom is 0.236 e. The predicted molar refractivity (Wildman–Crippen MR) is 126 cm³/mol. The summed E-state index contributed by atoms with van der Waals surface area (Å²) in [6, 6.07) is 8.55. The van der Waals surface area contributed by atoms with Crippen molar-refractivity contribution in [2.24, 2.45) is 17.8 Å². The summed E-state index contributed by atoms with van der Waals surface area (Å²) in [5.41, 5.74) is 2.73. The van der Waals surface area contributed by atoms with E-state index in [9.17, 15) is 0 Å². The number of thioether (sulfide) groups is 1. The average molecular weight is 472 g/mol. The van der Waals surface area contributed by atoms with Crippen molar-refractivity contribution < 1.29 is 19.2 Å². The second-order valence-corrected chi connectivity index (χ2v) is 11.5. The molecule has 2 aromatic rings. The molecule has 6 atom stereocenters. The van der Waals surface area contributed by atoms with E-state index in [4.69, 9.17) is 24.2 Å². The largest absolute Gasteiger partial charge is 0.458 e. The molecule has 7 heteroatoms. The van der Waals surface area contributed by atoms with Gasteiger partial charge in [0.1, 0.15) is 0 Å². The molecule has 0 amide bonds. The summed E-state index contributed by atoms with van der Waals surface area (Å²) in [5, 5.41) is 3.02. The number of aromatic nitrogens is 1. The van der Waals surface area contributed by atoms with E-state index < -0.39 is 17.7 Å². The first-order valence-corrected chi connectivity index (χ1v) is 13.6. The van der Waals surface area contributed by atoms with Gasteiger partial charge in [0.15, 0.2) is 16.4 Å². The zero-order chi connectivity index (χ0) is 22.1. The van der Waals surface area contributed by atoms with Crippen LogP contribution >= 0.6 is 23.1 Å². The number of thiazole rings is 1. The van der Waals surface area contributed by atoms with Crippen LogP contribution in [0.1, 0.15) is 51.5 Å². The Morgan fingerprint density at radius 3 is 2.72 bits per heavy atom. The molecule has 1 aliphatic carbocycles. The van der Waals surface area contributed by atoms with Gasteiger partial charge in [-0.2, -0.15) is 0 Å². The lowest BCUT2D eigenvalue weighted by Gasteiger charge is -2.57. The highest BCUT2D eigenvalue weighted by Gasteiger charge is 2.68. The molecular formula is C25H29NO4S2. The molecule has 32 heavy (non-hydrogen) atoms. The summed E-state index contributed by atoms with van der Waals surface area (Å²) in [7, 11) is 0. The highest BCUT2D eigenvalue weighted by Crippen LogP contribution is 2.61. The Labute approximate surface area is 197 Å². The second-order valence-electron chi connectivity index (χ2n) is 9.75. The molecule has 5 aliphatic rings. The molecule has 1 aromatic heterocycles. The van der Waals surface area contributed by atoms with E-state index >= 15 is 0 Å². The molecule has 3 saturated heterocycles. The van der Waals surface area contributed by atoms with Crippen molar-refractivity contribution in [3.63, 3.8) is 0 Å². The second kappa shape index (κ2) is 7.57. The Morgan fingerprint density at radius 1 is 1.12 bits per heavy atom. The van der Waals surface area contributed by atoms with Gasteiger partial charge in [0, 0.05) is 34.1 Å². The molecule has 5 nitrogen and oxygen atoms in total. The van der Waals surface area contributed by atoms with Crippen molar-refractivity contribution in [3.8, 4) is 11.3 Å². The van der Waals surface area contributed by atoms with Gasteiger partial charge in [0.05, 0.1) is 5.69 Å². The smallest absolute Gasteiger partial charge is 0.236 e. The first-order chi connectivity index (χ1) is 15.4. The summed E-state index contributed by atoms with van der Waals surface area (Å²) in [6.45, 7) is 6.47. The summed E-state index contributed by atoms with van der Waals surface area (Å²) in [4.78, 5) is 18.4. The number of fused-ring (bicyclic) bond motifs is 2. The van der Waals surface area contributed by atoms with Gasteiger partial charge in [-0.05, 0) is 63.0 Å². The van der Waals surface area contributed by atoms with Gasteiger partial charge in [-0.15, -0.1) is 23.1 Å². The maximum absolute atomic E-state index is 6.63. The fourth-order valence-corrected chi connectivity index (χ4v) is 7.39. The van der Waals surface area contributed by atoms with Gasteiger partial charge < -0.3 is 9.47 Å². The maximum atomic E-state index is 6.63. The normalized spacial score (nSPS) is 38.2. The van der Waals surface area contributed by atoms with Crippen LogP contribution in [0.5, 0.6) is 0 Å². The molecule has 2 bridgehead atoms. The predicted octanol–water partition coefficient (Wildman–Crippen LogP) is 6.51. The summed E-state index contributed by atoms with van der Waals surface area (Å²) >= 11 is 3.38. The minimum absolute atomic E-state index is 0.202. The molecule has 0 N–H and O–H groups in total. The van der Waals surface area contributed by atoms with Crippen molar-refractivity contribution in [2.75, 3.05) is 6.26 Å². The molecule has 2 unspecified atom stereocenters. The Hall–Kier alpha value is -1.38. The molecule has 7 rings (SSSR count). The topological polar surface area (TPSA) is 49.8 Å². The fourth-order valence-electron chi connectivity index (χ4n) is 6.11. The van der Waals surface area contributed by atoms with E-state index in [0.717, 1.165) is 41.3 Å². The van der Waals surface area contributed by atoms with Crippen molar-refractivity contribution >= 4 is 28.9 Å². The van der Waals surface area contributed by atoms with Crippen molar-refractivity contribution in [1.82, 2.24) is 4.98 Å². The average Bonchev–Trinajstić information content (AvgIpc) is 3.18. The van der Waals surface area contributed by atoms with Crippen LogP contribution in [-0.2, 0) is 19.2 Å². The van der Waals surface area contributed by atoms with Crippen LogP contribution in [0.25, 0.3) is 17.0 Å². The molecule has 1 saturated carbocycles. The van der Waals surface area contributed by atoms with E-state index in [2.05, 4.69) is 49.7 Å². The highest BCUT2D eigenvalue weighted by molar-refractivity contribution is 7.98. The van der Waals surface area contributed by atoms with Crippen LogP contribution in [0.4, 0.5) is 0 Å². The third kappa shape index (κ3) is 3.05. The van der Waals surface area contributed by atoms with Crippen molar-refractivity contribution in [2.45, 2.75) is 69.0 Å². The Bertz CT molecular complexity index is 1070. The zero-order valence-corrected chi connectivity index (χ0v) is 20.6. The third-order valence-corrected chi connectivity index (χ3v) is 9.49. The summed E-state index contributed by atoms with van der Waals surface area (Å²) < 4.78 is 13.1. The van der Waals surface area contributed by atoms with E-state index in [0.29, 0.717) is 11.8 Å². The van der Waals surface area contributed by atoms with Crippen molar-refractivity contribution in [3.05, 3.63) is 40.2 Å². The molecule has 5 heterocycles. The molecule has 170 valence electrons. The number of ether oxygens (including phenoxy) is 2. The Balaban J connectivity index is 1.39. The SMILES string of the molecule is CSc1ccc(-c2csc(C3=C(C)[C@@H]4CC[C@@H](C)[C@@H]5CCC6(C)OO[C@@]45C(O3)O6)n2)cc1. The number of hydrogen-bond donors (Lipinski definition) is 0. The minimum Gasteiger partial charge on any atom is -0.458 e. The monoisotopic (exact) mass is 471 g/mol. The molecule has 1 spiro atoms. The fraction of sp³-hybridized carbons (Fsp3) is 0.560. The van der Waals surface area contributed by atoms with Gasteiger partial charge >= 0.3 is 0 Å². The van der Waals surface area contributed by atoms with Gasteiger partial charge in [0.25, 0.3) is 0 Å². The highest BCUT2D eigenvalue weighted by atomic mass is 32.2. The van der Waals surface area contributed by atoms with Crippen LogP contribution < -0.4 is 0 Å². The minimum atomic E-state index is -0.763. The number of benzene rings is 1. The van der Waals surface area contributed by atoms with Crippen LogP contribution in [-0.4, -0.2) is 28.9 Å². The third-order valence-electron chi connectivity index (χ3n) is 7.91. The van der Waals surface area contributed by atoms with Gasteiger partial charge in [-0.25, -0.2) is 14.8 Å². The van der Waals surface area contributed by atoms with E-state index in [1.165, 1.54) is 16.9 Å². The van der Waals surface area contributed by atoms with Gasteiger partial charge in [-0.3, -0.25) is 0 Å². The Kier molecular flexibility index (Phi) is 5.01. The van der Waals surface area contributed by atoms with Crippen molar-refractivity contribution in [1.29, 1.82) is 0 Å². The number of nitrogens with zero attached hydrogens (tertiary/aromatic N) is 1. The standard InChI is InChI=1S/C25H29NO4S2/c1-14-5-10-19-15(2)21(22-26-20(13-32-22)16-6-8-17(31-4)9-7-16)27-23-25(19)18(14)11-12-24(3,28-23)29-30-25/h6-9,13-14,18-19,23H,5,10-12H2,1-4H3/t14-,18+,19+,23?,24?,25-/m1/s1. The van der Waals surface area contributed by atoms with Gasteiger partial charge in [0.2, 0.25) is 12.1 Å². The number of rotatable bonds is 3.